The van der Waals surface area contributed by atoms with Crippen LogP contribution in [0.3, 0.4) is 0 Å². The maximum absolute atomic E-state index is 10.5. The van der Waals surface area contributed by atoms with Gasteiger partial charge in [-0.3, -0.25) is 4.79 Å². The molecule has 0 bridgehead atoms. The van der Waals surface area contributed by atoms with Crippen molar-refractivity contribution < 1.29 is 14.6 Å². The van der Waals surface area contributed by atoms with Crippen molar-refractivity contribution in [2.24, 2.45) is 0 Å². The number of carboxylic acid groups (broad SMARTS) is 1. The van der Waals surface area contributed by atoms with Crippen molar-refractivity contribution in [1.82, 2.24) is 0 Å². The lowest BCUT2D eigenvalue weighted by atomic mass is 10.0. The van der Waals surface area contributed by atoms with Gasteiger partial charge in [0.1, 0.15) is 0 Å². The van der Waals surface area contributed by atoms with Gasteiger partial charge >= 0.3 is 5.97 Å². The van der Waals surface area contributed by atoms with Crippen LogP contribution in [0.1, 0.15) is 103 Å². The second-order valence-corrected chi connectivity index (χ2v) is 6.47. The van der Waals surface area contributed by atoms with Gasteiger partial charge in [-0.05, 0) is 19.3 Å². The van der Waals surface area contributed by atoms with Crippen LogP contribution < -0.4 is 0 Å². The number of carboxylic acids is 1. The fraction of sp³-hybridized carbons (Fsp3) is 0.947. The monoisotopic (exact) mass is 314 g/mol. The molecule has 3 nitrogen and oxygen atoms in total. The van der Waals surface area contributed by atoms with Crippen LogP contribution in [0.15, 0.2) is 0 Å². The molecule has 0 aromatic rings. The second-order valence-electron chi connectivity index (χ2n) is 6.47. The number of hydrogen-bond donors (Lipinski definition) is 1. The second kappa shape index (κ2) is 16.8. The number of rotatable bonds is 17. The fourth-order valence-corrected chi connectivity index (χ4v) is 2.89. The van der Waals surface area contributed by atoms with Crippen molar-refractivity contribution in [3.63, 3.8) is 0 Å². The lowest BCUT2D eigenvalue weighted by Gasteiger charge is -2.14. The Morgan fingerprint density at radius 1 is 0.818 bits per heavy atom. The predicted octanol–water partition coefficient (Wildman–Crippen LogP) is 5.96. The van der Waals surface area contributed by atoms with Gasteiger partial charge in [0, 0.05) is 13.5 Å². The zero-order chi connectivity index (χ0) is 16.5. The van der Waals surface area contributed by atoms with Crippen molar-refractivity contribution in [3.8, 4) is 0 Å². The van der Waals surface area contributed by atoms with E-state index in [0.717, 1.165) is 25.7 Å². The number of aliphatic carboxylic acids is 1. The van der Waals surface area contributed by atoms with E-state index in [1.165, 1.54) is 64.2 Å². The highest BCUT2D eigenvalue weighted by Crippen LogP contribution is 2.15. The summed E-state index contributed by atoms with van der Waals surface area (Å²) in [5, 5.41) is 8.61. The lowest BCUT2D eigenvalue weighted by molar-refractivity contribution is -0.137. The van der Waals surface area contributed by atoms with Gasteiger partial charge in [-0.1, -0.05) is 77.6 Å². The number of ether oxygens (including phenoxy) is 1. The molecule has 0 amide bonds. The van der Waals surface area contributed by atoms with Gasteiger partial charge in [0.2, 0.25) is 0 Å². The first-order valence-electron chi connectivity index (χ1n) is 9.45. The van der Waals surface area contributed by atoms with Gasteiger partial charge in [-0.25, -0.2) is 0 Å². The van der Waals surface area contributed by atoms with Crippen LogP contribution >= 0.6 is 0 Å². The van der Waals surface area contributed by atoms with Crippen LogP contribution in [0.5, 0.6) is 0 Å². The SMILES string of the molecule is CCCCCCCCCCCCC(CCCCC(=O)O)OC. The molecule has 0 heterocycles. The van der Waals surface area contributed by atoms with E-state index in [0.29, 0.717) is 6.10 Å². The Morgan fingerprint density at radius 3 is 1.73 bits per heavy atom. The highest BCUT2D eigenvalue weighted by Gasteiger charge is 2.07. The third-order valence-corrected chi connectivity index (χ3v) is 4.38. The molecule has 0 fully saturated rings. The minimum atomic E-state index is -0.691. The average molecular weight is 315 g/mol. The summed E-state index contributed by atoms with van der Waals surface area (Å²) in [5.74, 6) is -0.691. The summed E-state index contributed by atoms with van der Waals surface area (Å²) in [5.41, 5.74) is 0. The Bertz CT molecular complexity index is 241. The molecule has 0 aliphatic carbocycles. The largest absolute Gasteiger partial charge is 0.481 e. The summed E-state index contributed by atoms with van der Waals surface area (Å²) < 4.78 is 5.49. The first-order chi connectivity index (χ1) is 10.7. The van der Waals surface area contributed by atoms with E-state index in [1.54, 1.807) is 7.11 Å². The van der Waals surface area contributed by atoms with Crippen molar-refractivity contribution in [2.75, 3.05) is 7.11 Å². The molecule has 22 heavy (non-hydrogen) atoms. The van der Waals surface area contributed by atoms with Crippen molar-refractivity contribution in [1.29, 1.82) is 0 Å². The van der Waals surface area contributed by atoms with Gasteiger partial charge in [-0.15, -0.1) is 0 Å². The fourth-order valence-electron chi connectivity index (χ4n) is 2.89. The first-order valence-corrected chi connectivity index (χ1v) is 9.45. The normalized spacial score (nSPS) is 12.5. The molecule has 0 spiro atoms. The zero-order valence-electron chi connectivity index (χ0n) is 14.9. The van der Waals surface area contributed by atoms with Gasteiger partial charge in [0.25, 0.3) is 0 Å². The maximum atomic E-state index is 10.5. The zero-order valence-corrected chi connectivity index (χ0v) is 14.9. The number of hydrogen-bond acceptors (Lipinski definition) is 2. The Balaban J connectivity index is 3.30. The molecule has 0 saturated carbocycles. The van der Waals surface area contributed by atoms with Crippen LogP contribution in [0.4, 0.5) is 0 Å². The molecule has 0 radical (unpaired) electrons. The van der Waals surface area contributed by atoms with Gasteiger partial charge in [0.15, 0.2) is 0 Å². The molecule has 0 aliphatic heterocycles. The minimum Gasteiger partial charge on any atom is -0.481 e. The van der Waals surface area contributed by atoms with Crippen molar-refractivity contribution in [3.05, 3.63) is 0 Å². The number of unbranched alkanes of at least 4 members (excludes halogenated alkanes) is 10. The molecule has 0 aromatic carbocycles. The van der Waals surface area contributed by atoms with Gasteiger partial charge in [-0.2, -0.15) is 0 Å². The molecule has 132 valence electrons. The molecule has 3 heteroatoms. The van der Waals surface area contributed by atoms with Crippen molar-refractivity contribution in [2.45, 2.75) is 109 Å². The minimum absolute atomic E-state index is 0.286. The third kappa shape index (κ3) is 15.8. The van der Waals surface area contributed by atoms with E-state index < -0.39 is 5.97 Å². The Morgan fingerprint density at radius 2 is 1.27 bits per heavy atom. The maximum Gasteiger partial charge on any atom is 0.303 e. The molecular formula is C19H38O3. The molecule has 0 saturated heterocycles. The summed E-state index contributed by atoms with van der Waals surface area (Å²) in [6, 6.07) is 0. The van der Waals surface area contributed by atoms with E-state index >= 15 is 0 Å². The molecule has 0 rings (SSSR count). The highest BCUT2D eigenvalue weighted by atomic mass is 16.5. The van der Waals surface area contributed by atoms with E-state index in [-0.39, 0.29) is 6.42 Å². The molecule has 1 N–H and O–H groups in total. The first kappa shape index (κ1) is 21.4. The molecule has 0 aromatic heterocycles. The van der Waals surface area contributed by atoms with E-state index in [4.69, 9.17) is 9.84 Å². The summed E-state index contributed by atoms with van der Waals surface area (Å²) >= 11 is 0. The highest BCUT2D eigenvalue weighted by molar-refractivity contribution is 5.66. The Hall–Kier alpha value is -0.570. The summed E-state index contributed by atoms with van der Waals surface area (Å²) in [6.07, 6.45) is 18.1. The Labute approximate surface area is 137 Å². The van der Waals surface area contributed by atoms with E-state index in [9.17, 15) is 4.79 Å². The van der Waals surface area contributed by atoms with Crippen LogP contribution in [0, 0.1) is 0 Å². The molecule has 1 atom stereocenters. The Kier molecular flexibility index (Phi) is 16.4. The number of carbonyl (C=O) groups is 1. The van der Waals surface area contributed by atoms with E-state index in [1.807, 2.05) is 0 Å². The van der Waals surface area contributed by atoms with Crippen molar-refractivity contribution >= 4 is 5.97 Å². The van der Waals surface area contributed by atoms with Crippen LogP contribution in [0.25, 0.3) is 0 Å². The topological polar surface area (TPSA) is 46.5 Å². The predicted molar refractivity (Wildman–Crippen MR) is 93.4 cm³/mol. The number of methoxy groups -OCH3 is 1. The van der Waals surface area contributed by atoms with Crippen LogP contribution in [-0.4, -0.2) is 24.3 Å². The van der Waals surface area contributed by atoms with Gasteiger partial charge < -0.3 is 9.84 Å². The van der Waals surface area contributed by atoms with Crippen LogP contribution in [0.2, 0.25) is 0 Å². The standard InChI is InChI=1S/C19H38O3/c1-3-4-5-6-7-8-9-10-11-12-15-18(22-2)16-13-14-17-19(20)21/h18H,3-17H2,1-2H3,(H,20,21). The summed E-state index contributed by atoms with van der Waals surface area (Å²) in [4.78, 5) is 10.5. The third-order valence-electron chi connectivity index (χ3n) is 4.38. The summed E-state index contributed by atoms with van der Waals surface area (Å²) in [7, 11) is 1.78. The van der Waals surface area contributed by atoms with Gasteiger partial charge in [0.05, 0.1) is 6.10 Å². The molecule has 0 aliphatic rings. The quantitative estimate of drug-likeness (QED) is 0.337. The molecule has 1 unspecified atom stereocenters. The average Bonchev–Trinajstić information content (AvgIpc) is 2.50. The van der Waals surface area contributed by atoms with E-state index in [2.05, 4.69) is 6.92 Å². The van der Waals surface area contributed by atoms with Crippen LogP contribution in [-0.2, 0) is 9.53 Å². The molecular weight excluding hydrogens is 276 g/mol. The lowest BCUT2D eigenvalue weighted by Crippen LogP contribution is -2.10. The smallest absolute Gasteiger partial charge is 0.303 e. The summed E-state index contributed by atoms with van der Waals surface area (Å²) in [6.45, 7) is 2.26.